The Hall–Kier alpha value is -1.64. The van der Waals surface area contributed by atoms with Gasteiger partial charge in [-0.2, -0.15) is 0 Å². The number of ether oxygens (including phenoxy) is 1. The molecule has 19 heavy (non-hydrogen) atoms. The molecule has 1 aromatic carbocycles. The summed E-state index contributed by atoms with van der Waals surface area (Å²) in [7, 11) is 0. The third-order valence-electron chi connectivity index (χ3n) is 2.52. The summed E-state index contributed by atoms with van der Waals surface area (Å²) in [6, 6.07) is 10.8. The molecule has 0 aliphatic heterocycles. The van der Waals surface area contributed by atoms with Gasteiger partial charge in [-0.1, -0.05) is 0 Å². The van der Waals surface area contributed by atoms with E-state index < -0.39 is 0 Å². The second-order valence-electron chi connectivity index (χ2n) is 3.83. The van der Waals surface area contributed by atoms with Gasteiger partial charge in [-0.3, -0.25) is 0 Å². The second kappa shape index (κ2) is 5.16. The topological polar surface area (TPSA) is 47.9 Å². The van der Waals surface area contributed by atoms with Crippen LogP contribution in [0.1, 0.15) is 0 Å². The van der Waals surface area contributed by atoms with E-state index in [1.54, 1.807) is 36.7 Å². The Kier molecular flexibility index (Phi) is 3.36. The van der Waals surface area contributed by atoms with Crippen LogP contribution in [0.3, 0.4) is 0 Å². The van der Waals surface area contributed by atoms with Gasteiger partial charge in [0, 0.05) is 0 Å². The Balaban J connectivity index is 1.97. The number of fused-ring (bicyclic) bond motifs is 1. The van der Waals surface area contributed by atoms with Crippen LogP contribution in [0.4, 0.5) is 0 Å². The fourth-order valence-corrected chi connectivity index (χ4v) is 2.33. The van der Waals surface area contributed by atoms with Gasteiger partial charge < -0.3 is 0 Å². The van der Waals surface area contributed by atoms with Gasteiger partial charge in [0.1, 0.15) is 0 Å². The van der Waals surface area contributed by atoms with Crippen molar-refractivity contribution in [1.82, 2.24) is 15.0 Å². The van der Waals surface area contributed by atoms with Crippen molar-refractivity contribution in [3.8, 4) is 11.6 Å². The van der Waals surface area contributed by atoms with E-state index in [4.69, 9.17) is 16.3 Å². The van der Waals surface area contributed by atoms with Crippen LogP contribution in [-0.2, 0) is 0 Å². The molecule has 3 rings (SSSR count). The molecule has 0 N–H and O–H groups in total. The fraction of sp³-hybridized carbons (Fsp3) is 0. The minimum atomic E-state index is 0.517. The number of halogens is 1. The van der Waals surface area contributed by atoms with Crippen molar-refractivity contribution in [2.75, 3.05) is 0 Å². The maximum absolute atomic E-state index is 5.83. The maximum atomic E-state index is 5.83. The standard InChI is InChI=1S/C13H9AsClN3O/c14-13-12-10(16-7-17-13)5-6-11(18-12)19-9-3-1-8(15)2-4-9/h1-7H,14H2. The molecule has 94 valence electrons. The first-order valence-electron chi connectivity index (χ1n) is 5.53. The molecule has 0 aliphatic carbocycles. The molecular formula is C13H9AsClN3O. The summed E-state index contributed by atoms with van der Waals surface area (Å²) in [6.07, 6.45) is 1.54. The number of hydrogen-bond acceptors (Lipinski definition) is 4. The van der Waals surface area contributed by atoms with Crippen LogP contribution < -0.4 is 9.22 Å². The Morgan fingerprint density at radius 1 is 1.00 bits per heavy atom. The monoisotopic (exact) mass is 333 g/mol. The molecule has 0 amide bonds. The predicted molar refractivity (Wildman–Crippen MR) is 77.0 cm³/mol. The Bertz CT molecular complexity index is 734. The number of aromatic nitrogens is 3. The number of rotatable bonds is 2. The molecule has 1 unspecified atom stereocenters. The Labute approximate surface area is 123 Å². The molecule has 6 heteroatoms. The van der Waals surface area contributed by atoms with E-state index in [1.165, 1.54) is 16.9 Å². The van der Waals surface area contributed by atoms with E-state index >= 15 is 0 Å². The molecule has 2 aromatic heterocycles. The molecular weight excluding hydrogens is 325 g/mol. The van der Waals surface area contributed by atoms with Gasteiger partial charge in [-0.05, 0) is 0 Å². The molecule has 4 nitrogen and oxygen atoms in total. The Morgan fingerprint density at radius 2 is 1.79 bits per heavy atom. The van der Waals surface area contributed by atoms with E-state index in [9.17, 15) is 0 Å². The molecule has 0 fully saturated rings. The summed E-state index contributed by atoms with van der Waals surface area (Å²) < 4.78 is 6.57. The van der Waals surface area contributed by atoms with Crippen LogP contribution in [0, 0.1) is 0 Å². The average Bonchev–Trinajstić information content (AvgIpc) is 2.42. The Morgan fingerprint density at radius 3 is 2.58 bits per heavy atom. The van der Waals surface area contributed by atoms with Crippen LogP contribution in [0.15, 0.2) is 42.7 Å². The van der Waals surface area contributed by atoms with Gasteiger partial charge in [0.05, 0.1) is 0 Å². The molecule has 0 radical (unpaired) electrons. The van der Waals surface area contributed by atoms with Gasteiger partial charge in [-0.15, -0.1) is 0 Å². The average molecular weight is 334 g/mol. The summed E-state index contributed by atoms with van der Waals surface area (Å²) in [4.78, 5) is 12.7. The van der Waals surface area contributed by atoms with Crippen molar-refractivity contribution in [3.05, 3.63) is 47.7 Å². The van der Waals surface area contributed by atoms with Crippen molar-refractivity contribution in [1.29, 1.82) is 0 Å². The summed E-state index contributed by atoms with van der Waals surface area (Å²) in [6.45, 7) is 0. The number of benzene rings is 1. The summed E-state index contributed by atoms with van der Waals surface area (Å²) in [5.74, 6) is 1.21. The van der Waals surface area contributed by atoms with Crippen LogP contribution in [0.5, 0.6) is 11.6 Å². The summed E-state index contributed by atoms with van der Waals surface area (Å²) in [5, 5.41) is 0.672. The van der Waals surface area contributed by atoms with Gasteiger partial charge in [-0.25, -0.2) is 0 Å². The van der Waals surface area contributed by atoms with E-state index in [-0.39, 0.29) is 0 Å². The second-order valence-corrected chi connectivity index (χ2v) is 5.42. The SMILES string of the molecule is Clc1ccc(Oc2ccc3ncnc([AsH2])c3n2)cc1. The summed E-state index contributed by atoms with van der Waals surface area (Å²) in [5.41, 5.74) is 1.59. The quantitative estimate of drug-likeness (QED) is 0.670. The van der Waals surface area contributed by atoms with E-state index in [2.05, 4.69) is 15.0 Å². The van der Waals surface area contributed by atoms with Crippen LogP contribution in [-0.4, -0.2) is 31.8 Å². The van der Waals surface area contributed by atoms with Gasteiger partial charge in [0.25, 0.3) is 0 Å². The fourth-order valence-electron chi connectivity index (χ4n) is 1.62. The van der Waals surface area contributed by atoms with Crippen LogP contribution in [0.2, 0.25) is 5.02 Å². The van der Waals surface area contributed by atoms with Gasteiger partial charge >= 0.3 is 123 Å². The van der Waals surface area contributed by atoms with Crippen molar-refractivity contribution < 1.29 is 4.74 Å². The molecule has 1 atom stereocenters. The van der Waals surface area contributed by atoms with E-state index in [0.717, 1.165) is 15.5 Å². The number of hydrogen-bond donors (Lipinski definition) is 0. The third-order valence-corrected chi connectivity index (χ3v) is 3.66. The summed E-state index contributed by atoms with van der Waals surface area (Å²) >= 11 is 7.24. The van der Waals surface area contributed by atoms with Gasteiger partial charge in [0.15, 0.2) is 0 Å². The minimum absolute atomic E-state index is 0.517. The molecule has 0 aliphatic rings. The third kappa shape index (κ3) is 2.70. The van der Waals surface area contributed by atoms with Crippen molar-refractivity contribution in [3.63, 3.8) is 0 Å². The predicted octanol–water partition coefficient (Wildman–Crippen LogP) is 1.73. The zero-order valence-electron chi connectivity index (χ0n) is 9.75. The van der Waals surface area contributed by atoms with Crippen molar-refractivity contribution in [2.24, 2.45) is 0 Å². The van der Waals surface area contributed by atoms with Crippen molar-refractivity contribution in [2.45, 2.75) is 0 Å². The van der Waals surface area contributed by atoms with Crippen molar-refractivity contribution >= 4 is 44.0 Å². The first-order chi connectivity index (χ1) is 9.22. The van der Waals surface area contributed by atoms with Crippen LogP contribution >= 0.6 is 11.6 Å². The van der Waals surface area contributed by atoms with E-state index in [1.807, 2.05) is 6.07 Å². The van der Waals surface area contributed by atoms with E-state index in [0.29, 0.717) is 16.7 Å². The first kappa shape index (κ1) is 12.4. The van der Waals surface area contributed by atoms with Gasteiger partial charge in [0.2, 0.25) is 0 Å². The first-order valence-corrected chi connectivity index (χ1v) is 7.12. The normalized spacial score (nSPS) is 10.6. The molecule has 0 saturated heterocycles. The zero-order valence-corrected chi connectivity index (χ0v) is 12.9. The van der Waals surface area contributed by atoms with Crippen LogP contribution in [0.25, 0.3) is 11.0 Å². The molecule has 0 saturated carbocycles. The number of nitrogens with zero attached hydrogens (tertiary/aromatic N) is 3. The zero-order chi connectivity index (χ0) is 13.2. The molecule has 3 aromatic rings. The molecule has 0 spiro atoms. The number of pyridine rings is 1. The molecule has 2 heterocycles. The molecule has 0 bridgehead atoms.